The van der Waals surface area contributed by atoms with Gasteiger partial charge in [0.25, 0.3) is 0 Å². The normalized spacial score (nSPS) is 17.2. The second-order valence-electron chi connectivity index (χ2n) is 7.57. The Labute approximate surface area is 153 Å². The van der Waals surface area contributed by atoms with Crippen molar-refractivity contribution < 1.29 is 19.4 Å². The third-order valence-corrected chi connectivity index (χ3v) is 4.65. The van der Waals surface area contributed by atoms with Crippen LogP contribution in [0.4, 0.5) is 0 Å². The van der Waals surface area contributed by atoms with Crippen molar-refractivity contribution in [3.8, 4) is 0 Å². The average molecular weight is 358 g/mol. The molecule has 0 aromatic carbocycles. The molecule has 0 aliphatic rings. The highest BCUT2D eigenvalue weighted by atomic mass is 16.6. The minimum absolute atomic E-state index is 0.0769. The van der Waals surface area contributed by atoms with Gasteiger partial charge in [0, 0.05) is 18.4 Å². The van der Waals surface area contributed by atoms with Crippen LogP contribution in [-0.4, -0.2) is 29.3 Å². The standard InChI is InChI=1S/C20H39NO4/c1-7-10-15(4)19(23)21-17(6)13-14(3)11-9-12-16(5)20(24)25-18(22)8-2/h14-18,22H,7-13H2,1-6H3,(H,21,23)/t14?,15-,16?,17-,18?/m1/s1. The molecule has 148 valence electrons. The fourth-order valence-corrected chi connectivity index (χ4v) is 2.95. The Kier molecular flexibility index (Phi) is 12.6. The summed E-state index contributed by atoms with van der Waals surface area (Å²) in [6.07, 6.45) is 5.02. The number of carbonyl (C=O) groups is 2. The zero-order valence-electron chi connectivity index (χ0n) is 17.0. The third kappa shape index (κ3) is 11.2. The smallest absolute Gasteiger partial charge is 0.310 e. The largest absolute Gasteiger partial charge is 0.436 e. The van der Waals surface area contributed by atoms with Crippen LogP contribution in [0.5, 0.6) is 0 Å². The Morgan fingerprint density at radius 1 is 1.00 bits per heavy atom. The van der Waals surface area contributed by atoms with Crippen molar-refractivity contribution in [3.63, 3.8) is 0 Å². The second-order valence-corrected chi connectivity index (χ2v) is 7.57. The van der Waals surface area contributed by atoms with Crippen LogP contribution in [0.2, 0.25) is 0 Å². The fraction of sp³-hybridized carbons (Fsp3) is 0.900. The van der Waals surface area contributed by atoms with E-state index in [1.807, 2.05) is 13.8 Å². The van der Waals surface area contributed by atoms with Gasteiger partial charge in [-0.1, -0.05) is 53.9 Å². The summed E-state index contributed by atoms with van der Waals surface area (Å²) in [7, 11) is 0. The van der Waals surface area contributed by atoms with E-state index in [1.165, 1.54) is 0 Å². The first kappa shape index (κ1) is 23.9. The maximum Gasteiger partial charge on any atom is 0.310 e. The molecular weight excluding hydrogens is 318 g/mol. The van der Waals surface area contributed by atoms with E-state index in [-0.39, 0.29) is 29.8 Å². The lowest BCUT2D eigenvalue weighted by atomic mass is 9.94. The minimum atomic E-state index is -0.992. The maximum atomic E-state index is 12.0. The van der Waals surface area contributed by atoms with E-state index in [4.69, 9.17) is 4.74 Å². The van der Waals surface area contributed by atoms with E-state index < -0.39 is 6.29 Å². The SMILES string of the molecule is CCC[C@@H](C)C(=O)N[C@H](C)CC(C)CCCC(C)C(=O)OC(O)CC. The van der Waals surface area contributed by atoms with Crippen molar-refractivity contribution in [1.82, 2.24) is 5.32 Å². The van der Waals surface area contributed by atoms with Crippen LogP contribution >= 0.6 is 0 Å². The maximum absolute atomic E-state index is 12.0. The predicted octanol–water partition coefficient (Wildman–Crippen LogP) is 4.03. The van der Waals surface area contributed by atoms with Crippen molar-refractivity contribution in [3.05, 3.63) is 0 Å². The van der Waals surface area contributed by atoms with Gasteiger partial charge >= 0.3 is 5.97 Å². The molecule has 0 aromatic rings. The van der Waals surface area contributed by atoms with Gasteiger partial charge in [0.2, 0.25) is 5.91 Å². The number of ether oxygens (including phenoxy) is 1. The Morgan fingerprint density at radius 2 is 1.64 bits per heavy atom. The first-order valence-corrected chi connectivity index (χ1v) is 9.90. The molecule has 5 heteroatoms. The molecule has 2 N–H and O–H groups in total. The summed E-state index contributed by atoms with van der Waals surface area (Å²) in [5.41, 5.74) is 0. The summed E-state index contributed by atoms with van der Waals surface area (Å²) in [6.45, 7) is 11.9. The van der Waals surface area contributed by atoms with Crippen molar-refractivity contribution in [1.29, 1.82) is 0 Å². The number of aliphatic hydroxyl groups excluding tert-OH is 1. The monoisotopic (exact) mass is 357 g/mol. The summed E-state index contributed by atoms with van der Waals surface area (Å²) < 4.78 is 4.94. The molecule has 0 fully saturated rings. The molecule has 5 atom stereocenters. The number of hydrogen-bond donors (Lipinski definition) is 2. The third-order valence-electron chi connectivity index (χ3n) is 4.65. The lowest BCUT2D eigenvalue weighted by molar-refractivity contribution is -0.172. The zero-order chi connectivity index (χ0) is 19.4. The van der Waals surface area contributed by atoms with Crippen LogP contribution in [0.1, 0.15) is 86.5 Å². The Morgan fingerprint density at radius 3 is 2.20 bits per heavy atom. The van der Waals surface area contributed by atoms with E-state index >= 15 is 0 Å². The highest BCUT2D eigenvalue weighted by molar-refractivity contribution is 5.78. The topological polar surface area (TPSA) is 75.6 Å². The lowest BCUT2D eigenvalue weighted by Gasteiger charge is -2.21. The second kappa shape index (κ2) is 13.2. The van der Waals surface area contributed by atoms with Crippen LogP contribution in [0, 0.1) is 17.8 Å². The fourth-order valence-electron chi connectivity index (χ4n) is 2.95. The Balaban J connectivity index is 4.00. The van der Waals surface area contributed by atoms with Crippen LogP contribution in [0.15, 0.2) is 0 Å². The van der Waals surface area contributed by atoms with E-state index in [2.05, 4.69) is 26.1 Å². The summed E-state index contributed by atoms with van der Waals surface area (Å²) in [5, 5.41) is 12.5. The van der Waals surface area contributed by atoms with E-state index in [1.54, 1.807) is 6.92 Å². The number of nitrogens with one attached hydrogen (secondary N) is 1. The molecule has 0 aliphatic heterocycles. The molecular formula is C20H39NO4. The van der Waals surface area contributed by atoms with Crippen LogP contribution in [0.3, 0.4) is 0 Å². The molecule has 0 radical (unpaired) electrons. The molecule has 0 saturated heterocycles. The zero-order valence-corrected chi connectivity index (χ0v) is 17.0. The number of aliphatic hydroxyl groups is 1. The van der Waals surface area contributed by atoms with Gasteiger partial charge < -0.3 is 15.2 Å². The molecule has 0 bridgehead atoms. The highest BCUT2D eigenvalue weighted by Gasteiger charge is 2.19. The molecule has 0 heterocycles. The molecule has 3 unspecified atom stereocenters. The number of carbonyl (C=O) groups excluding carboxylic acids is 2. The van der Waals surface area contributed by atoms with Gasteiger partial charge in [-0.05, 0) is 32.1 Å². The van der Waals surface area contributed by atoms with Gasteiger partial charge in [0.05, 0.1) is 5.92 Å². The van der Waals surface area contributed by atoms with Crippen molar-refractivity contribution in [2.45, 2.75) is 98.8 Å². The summed E-state index contributed by atoms with van der Waals surface area (Å²) >= 11 is 0. The van der Waals surface area contributed by atoms with Crippen molar-refractivity contribution in [2.24, 2.45) is 17.8 Å². The van der Waals surface area contributed by atoms with Gasteiger partial charge in [-0.2, -0.15) is 0 Å². The molecule has 0 aromatic heterocycles. The van der Waals surface area contributed by atoms with Crippen LogP contribution < -0.4 is 5.32 Å². The molecule has 1 amide bonds. The Hall–Kier alpha value is -1.10. The molecule has 0 saturated carbocycles. The lowest BCUT2D eigenvalue weighted by Crippen LogP contribution is -2.37. The number of hydrogen-bond acceptors (Lipinski definition) is 4. The van der Waals surface area contributed by atoms with E-state index in [0.29, 0.717) is 12.3 Å². The van der Waals surface area contributed by atoms with Gasteiger partial charge in [-0.3, -0.25) is 9.59 Å². The van der Waals surface area contributed by atoms with E-state index in [0.717, 1.165) is 38.5 Å². The van der Waals surface area contributed by atoms with Crippen LogP contribution in [-0.2, 0) is 14.3 Å². The average Bonchev–Trinajstić information content (AvgIpc) is 2.54. The molecule has 5 nitrogen and oxygen atoms in total. The van der Waals surface area contributed by atoms with Gasteiger partial charge in [-0.15, -0.1) is 0 Å². The number of amides is 1. The van der Waals surface area contributed by atoms with Gasteiger partial charge in [-0.25, -0.2) is 0 Å². The van der Waals surface area contributed by atoms with Crippen molar-refractivity contribution in [2.75, 3.05) is 0 Å². The Bertz CT molecular complexity index is 386. The van der Waals surface area contributed by atoms with Gasteiger partial charge in [0.15, 0.2) is 6.29 Å². The predicted molar refractivity (Wildman–Crippen MR) is 101 cm³/mol. The summed E-state index contributed by atoms with van der Waals surface area (Å²) in [5.74, 6) is 0.190. The summed E-state index contributed by atoms with van der Waals surface area (Å²) in [6, 6.07) is 0.170. The molecule has 0 rings (SSSR count). The van der Waals surface area contributed by atoms with Crippen LogP contribution in [0.25, 0.3) is 0 Å². The minimum Gasteiger partial charge on any atom is -0.436 e. The quantitative estimate of drug-likeness (QED) is 0.385. The summed E-state index contributed by atoms with van der Waals surface area (Å²) in [4.78, 5) is 23.8. The number of rotatable bonds is 13. The first-order chi connectivity index (χ1) is 11.7. The molecule has 0 spiro atoms. The van der Waals surface area contributed by atoms with Gasteiger partial charge in [0.1, 0.15) is 0 Å². The highest BCUT2D eigenvalue weighted by Crippen LogP contribution is 2.18. The molecule has 0 aliphatic carbocycles. The molecule has 25 heavy (non-hydrogen) atoms. The number of esters is 1. The first-order valence-electron chi connectivity index (χ1n) is 9.90. The van der Waals surface area contributed by atoms with E-state index in [9.17, 15) is 14.7 Å². The van der Waals surface area contributed by atoms with Crippen molar-refractivity contribution >= 4 is 11.9 Å².